The smallest absolute Gasteiger partial charge is 0.234 e. The summed E-state index contributed by atoms with van der Waals surface area (Å²) in [5.41, 5.74) is 2.65. The van der Waals surface area contributed by atoms with Crippen LogP contribution in [0.4, 0.5) is 5.69 Å². The highest BCUT2D eigenvalue weighted by atomic mass is 79.9. The van der Waals surface area contributed by atoms with Crippen LogP contribution in [-0.4, -0.2) is 26.4 Å². The van der Waals surface area contributed by atoms with Crippen LogP contribution in [0, 0.1) is 6.92 Å². The predicted molar refractivity (Wildman–Crippen MR) is 127 cm³/mol. The third kappa shape index (κ3) is 5.39. The number of halogens is 2. The van der Waals surface area contributed by atoms with E-state index in [1.54, 1.807) is 6.26 Å². The molecule has 0 radical (unpaired) electrons. The summed E-state index contributed by atoms with van der Waals surface area (Å²) in [5, 5.41) is 12.9. The standard InChI is InChI=1S/C22H18BrClN4O2S/c1-14-11-16(23)6-9-19(14)25-20(29)13-31-22-27-26-21(15-4-7-17(24)8-5-15)28(22)12-18-3-2-10-30-18/h2-11H,12-13H2,1H3,(H,25,29). The van der Waals surface area contributed by atoms with E-state index in [-0.39, 0.29) is 11.7 Å². The van der Waals surface area contributed by atoms with Gasteiger partial charge in [0.1, 0.15) is 5.76 Å². The summed E-state index contributed by atoms with van der Waals surface area (Å²) >= 11 is 10.8. The first-order valence-electron chi connectivity index (χ1n) is 9.40. The number of hydrogen-bond acceptors (Lipinski definition) is 5. The lowest BCUT2D eigenvalue weighted by Gasteiger charge is -2.10. The first-order chi connectivity index (χ1) is 15.0. The van der Waals surface area contributed by atoms with E-state index in [9.17, 15) is 4.79 Å². The highest BCUT2D eigenvalue weighted by Crippen LogP contribution is 2.27. The van der Waals surface area contributed by atoms with E-state index in [2.05, 4.69) is 31.4 Å². The van der Waals surface area contributed by atoms with Crippen molar-refractivity contribution in [2.75, 3.05) is 11.1 Å². The molecular formula is C22H18BrClN4O2S. The lowest BCUT2D eigenvalue weighted by molar-refractivity contribution is -0.113. The second-order valence-electron chi connectivity index (χ2n) is 6.77. The molecule has 1 N–H and O–H groups in total. The second-order valence-corrected chi connectivity index (χ2v) is 9.07. The molecule has 0 bridgehead atoms. The average Bonchev–Trinajstić information content (AvgIpc) is 3.40. The molecule has 0 spiro atoms. The molecule has 6 nitrogen and oxygen atoms in total. The summed E-state index contributed by atoms with van der Waals surface area (Å²) < 4.78 is 8.42. The molecule has 2 aromatic heterocycles. The average molecular weight is 518 g/mol. The first-order valence-corrected chi connectivity index (χ1v) is 11.6. The second kappa shape index (κ2) is 9.72. The van der Waals surface area contributed by atoms with Crippen molar-refractivity contribution in [2.24, 2.45) is 0 Å². The number of carbonyl (C=O) groups is 1. The summed E-state index contributed by atoms with van der Waals surface area (Å²) in [7, 11) is 0. The van der Waals surface area contributed by atoms with Crippen molar-refractivity contribution in [1.82, 2.24) is 14.8 Å². The van der Waals surface area contributed by atoms with Crippen LogP contribution < -0.4 is 5.32 Å². The SMILES string of the molecule is Cc1cc(Br)ccc1NC(=O)CSc1nnc(-c2ccc(Cl)cc2)n1Cc1ccco1. The lowest BCUT2D eigenvalue weighted by Crippen LogP contribution is -2.15. The molecule has 4 aromatic rings. The van der Waals surface area contributed by atoms with E-state index < -0.39 is 0 Å². The quantitative estimate of drug-likeness (QED) is 0.303. The van der Waals surface area contributed by atoms with Crippen molar-refractivity contribution in [3.8, 4) is 11.4 Å². The zero-order valence-electron chi connectivity index (χ0n) is 16.5. The Balaban J connectivity index is 1.53. The number of nitrogens with zero attached hydrogens (tertiary/aromatic N) is 3. The maximum Gasteiger partial charge on any atom is 0.234 e. The molecule has 158 valence electrons. The Morgan fingerprint density at radius 1 is 1.19 bits per heavy atom. The molecule has 0 fully saturated rings. The number of hydrogen-bond donors (Lipinski definition) is 1. The molecule has 0 saturated carbocycles. The normalized spacial score (nSPS) is 10.9. The van der Waals surface area contributed by atoms with Gasteiger partial charge in [0.15, 0.2) is 11.0 Å². The molecule has 9 heteroatoms. The number of furan rings is 1. The van der Waals surface area contributed by atoms with Crippen LogP contribution in [0.5, 0.6) is 0 Å². The molecule has 0 unspecified atom stereocenters. The minimum absolute atomic E-state index is 0.115. The van der Waals surface area contributed by atoms with Gasteiger partial charge < -0.3 is 9.73 Å². The maximum absolute atomic E-state index is 12.5. The van der Waals surface area contributed by atoms with Gasteiger partial charge >= 0.3 is 0 Å². The van der Waals surface area contributed by atoms with Gasteiger partial charge in [0, 0.05) is 20.7 Å². The number of rotatable bonds is 7. The lowest BCUT2D eigenvalue weighted by atomic mass is 10.2. The van der Waals surface area contributed by atoms with E-state index in [0.717, 1.165) is 27.0 Å². The number of amides is 1. The molecule has 0 saturated heterocycles. The van der Waals surface area contributed by atoms with Crippen LogP contribution >= 0.6 is 39.3 Å². The van der Waals surface area contributed by atoms with Crippen LogP contribution in [-0.2, 0) is 11.3 Å². The molecular weight excluding hydrogens is 500 g/mol. The van der Waals surface area contributed by atoms with Crippen LogP contribution in [0.3, 0.4) is 0 Å². The van der Waals surface area contributed by atoms with Gasteiger partial charge in [-0.15, -0.1) is 10.2 Å². The number of carbonyl (C=O) groups excluding carboxylic acids is 1. The molecule has 0 aliphatic heterocycles. The molecule has 0 aliphatic carbocycles. The number of benzene rings is 2. The minimum Gasteiger partial charge on any atom is -0.467 e. The van der Waals surface area contributed by atoms with Gasteiger partial charge in [-0.2, -0.15) is 0 Å². The van der Waals surface area contributed by atoms with Gasteiger partial charge in [-0.1, -0.05) is 39.3 Å². The summed E-state index contributed by atoms with van der Waals surface area (Å²) in [5.74, 6) is 1.54. The number of thioether (sulfide) groups is 1. The zero-order valence-corrected chi connectivity index (χ0v) is 19.7. The minimum atomic E-state index is -0.115. The van der Waals surface area contributed by atoms with Crippen molar-refractivity contribution < 1.29 is 9.21 Å². The van der Waals surface area contributed by atoms with Crippen LogP contribution in [0.15, 0.2) is 74.9 Å². The van der Waals surface area contributed by atoms with Gasteiger partial charge in [0.05, 0.1) is 18.6 Å². The van der Waals surface area contributed by atoms with Crippen molar-refractivity contribution in [1.29, 1.82) is 0 Å². The predicted octanol–water partition coefficient (Wildman–Crippen LogP) is 6.04. The monoisotopic (exact) mass is 516 g/mol. The van der Waals surface area contributed by atoms with E-state index in [4.69, 9.17) is 16.0 Å². The number of aryl methyl sites for hydroxylation is 1. The topological polar surface area (TPSA) is 73.0 Å². The maximum atomic E-state index is 12.5. The van der Waals surface area contributed by atoms with Crippen LogP contribution in [0.25, 0.3) is 11.4 Å². The van der Waals surface area contributed by atoms with Crippen molar-refractivity contribution in [3.63, 3.8) is 0 Å². The number of anilines is 1. The molecule has 4 rings (SSSR count). The third-order valence-corrected chi connectivity index (χ3v) is 6.22. The van der Waals surface area contributed by atoms with E-state index in [1.807, 2.05) is 66.1 Å². The molecule has 0 aliphatic rings. The number of nitrogens with one attached hydrogen (secondary N) is 1. The summed E-state index contributed by atoms with van der Waals surface area (Å²) in [4.78, 5) is 12.5. The summed E-state index contributed by atoms with van der Waals surface area (Å²) in [6.07, 6.45) is 1.63. The van der Waals surface area contributed by atoms with Gasteiger partial charge in [0.25, 0.3) is 0 Å². The van der Waals surface area contributed by atoms with Crippen LogP contribution in [0.2, 0.25) is 5.02 Å². The van der Waals surface area contributed by atoms with Gasteiger partial charge in [-0.25, -0.2) is 0 Å². The van der Waals surface area contributed by atoms with Gasteiger partial charge in [0.2, 0.25) is 5.91 Å². The van der Waals surface area contributed by atoms with E-state index in [0.29, 0.717) is 22.5 Å². The van der Waals surface area contributed by atoms with Gasteiger partial charge in [-0.05, 0) is 67.1 Å². The number of aromatic nitrogens is 3. The Morgan fingerprint density at radius 3 is 2.71 bits per heavy atom. The zero-order chi connectivity index (χ0) is 21.8. The molecule has 2 heterocycles. The highest BCUT2D eigenvalue weighted by molar-refractivity contribution is 9.10. The van der Waals surface area contributed by atoms with Crippen molar-refractivity contribution in [2.45, 2.75) is 18.6 Å². The Hall–Kier alpha value is -2.55. The summed E-state index contributed by atoms with van der Waals surface area (Å²) in [6.45, 7) is 2.40. The Bertz CT molecular complexity index is 1190. The molecule has 1 amide bonds. The largest absolute Gasteiger partial charge is 0.467 e. The fourth-order valence-corrected chi connectivity index (χ4v) is 4.33. The fraction of sp³-hybridized carbons (Fsp3) is 0.136. The molecule has 0 atom stereocenters. The first kappa shape index (κ1) is 21.7. The molecule has 31 heavy (non-hydrogen) atoms. The van der Waals surface area contributed by atoms with Crippen molar-refractivity contribution in [3.05, 3.63) is 81.7 Å². The Kier molecular flexibility index (Phi) is 6.80. The fourth-order valence-electron chi connectivity index (χ4n) is 2.99. The van der Waals surface area contributed by atoms with Crippen molar-refractivity contribution >= 4 is 50.9 Å². The highest BCUT2D eigenvalue weighted by Gasteiger charge is 2.17. The molecule has 2 aromatic carbocycles. The van der Waals surface area contributed by atoms with E-state index >= 15 is 0 Å². The third-order valence-electron chi connectivity index (χ3n) is 4.51. The Labute approximate surface area is 197 Å². The summed E-state index contributed by atoms with van der Waals surface area (Å²) in [6, 6.07) is 16.9. The van der Waals surface area contributed by atoms with Crippen LogP contribution in [0.1, 0.15) is 11.3 Å². The van der Waals surface area contributed by atoms with E-state index in [1.165, 1.54) is 11.8 Å². The Morgan fingerprint density at radius 2 is 2.00 bits per heavy atom. The van der Waals surface area contributed by atoms with Gasteiger partial charge in [-0.3, -0.25) is 9.36 Å².